The molecule has 5 nitrogen and oxygen atoms in total. The fraction of sp³-hybridized carbons (Fsp3) is 0.619. The molecule has 2 atom stereocenters. The number of hydrogen-bond acceptors (Lipinski definition) is 2. The number of nitrogens with zero attached hydrogens (tertiary/aromatic N) is 3. The third-order valence-electron chi connectivity index (χ3n) is 5.35. The second-order valence-corrected chi connectivity index (χ2v) is 7.86. The molecule has 0 saturated carbocycles. The quantitative estimate of drug-likeness (QED) is 0.669. The number of aliphatic imine (C=N–C) groups is 1. The third-order valence-corrected chi connectivity index (χ3v) is 5.35. The SMILES string of the molecule is CCNC(=NCC(=O)N1CCc2ccccc2C1)N1CC(C)CC(C)C1. The maximum absolute atomic E-state index is 12.7. The Kier molecular flexibility index (Phi) is 6.17. The molecule has 0 aromatic heterocycles. The number of likely N-dealkylation sites (tertiary alicyclic amines) is 1. The summed E-state index contributed by atoms with van der Waals surface area (Å²) in [7, 11) is 0. The number of carbonyl (C=O) groups is 1. The lowest BCUT2D eigenvalue weighted by atomic mass is 9.92. The Balaban J connectivity index is 1.63. The zero-order valence-corrected chi connectivity index (χ0v) is 16.4. The van der Waals surface area contributed by atoms with E-state index in [-0.39, 0.29) is 12.5 Å². The number of guanidine groups is 1. The van der Waals surface area contributed by atoms with Gasteiger partial charge in [0.1, 0.15) is 6.54 Å². The molecule has 1 fully saturated rings. The molecule has 1 saturated heterocycles. The van der Waals surface area contributed by atoms with Gasteiger partial charge in [-0.3, -0.25) is 4.79 Å². The molecule has 2 aliphatic rings. The van der Waals surface area contributed by atoms with Crippen molar-refractivity contribution in [2.45, 2.75) is 40.2 Å². The van der Waals surface area contributed by atoms with E-state index in [1.165, 1.54) is 17.5 Å². The first-order chi connectivity index (χ1) is 12.6. The molecule has 2 aliphatic heterocycles. The van der Waals surface area contributed by atoms with Crippen LogP contribution in [0.15, 0.2) is 29.3 Å². The molecule has 5 heteroatoms. The lowest BCUT2D eigenvalue weighted by molar-refractivity contribution is -0.130. The van der Waals surface area contributed by atoms with Gasteiger partial charge in [0.15, 0.2) is 5.96 Å². The van der Waals surface area contributed by atoms with Crippen molar-refractivity contribution < 1.29 is 4.79 Å². The highest BCUT2D eigenvalue weighted by atomic mass is 16.2. The van der Waals surface area contributed by atoms with Crippen LogP contribution in [0.25, 0.3) is 0 Å². The van der Waals surface area contributed by atoms with Gasteiger partial charge in [-0.1, -0.05) is 38.1 Å². The van der Waals surface area contributed by atoms with Gasteiger partial charge in [-0.25, -0.2) is 4.99 Å². The van der Waals surface area contributed by atoms with Gasteiger partial charge in [0.2, 0.25) is 5.91 Å². The Morgan fingerprint density at radius 1 is 1.15 bits per heavy atom. The fourth-order valence-electron chi connectivity index (χ4n) is 4.21. The molecule has 0 spiro atoms. The first kappa shape index (κ1) is 18.7. The van der Waals surface area contributed by atoms with Crippen molar-refractivity contribution in [3.63, 3.8) is 0 Å². The van der Waals surface area contributed by atoms with Crippen LogP contribution in [0.4, 0.5) is 0 Å². The van der Waals surface area contributed by atoms with Crippen molar-refractivity contribution in [2.75, 3.05) is 32.7 Å². The monoisotopic (exact) mass is 356 g/mol. The highest BCUT2D eigenvalue weighted by molar-refractivity contribution is 5.85. The van der Waals surface area contributed by atoms with Crippen molar-refractivity contribution >= 4 is 11.9 Å². The van der Waals surface area contributed by atoms with Crippen molar-refractivity contribution in [3.8, 4) is 0 Å². The normalized spacial score (nSPS) is 23.6. The van der Waals surface area contributed by atoms with Gasteiger partial charge in [0.05, 0.1) is 0 Å². The van der Waals surface area contributed by atoms with Crippen LogP contribution in [-0.2, 0) is 17.8 Å². The van der Waals surface area contributed by atoms with Crippen LogP contribution in [0.1, 0.15) is 38.3 Å². The lowest BCUT2D eigenvalue weighted by Gasteiger charge is -2.37. The zero-order valence-electron chi connectivity index (χ0n) is 16.4. The number of benzene rings is 1. The average molecular weight is 357 g/mol. The first-order valence-electron chi connectivity index (χ1n) is 9.94. The lowest BCUT2D eigenvalue weighted by Crippen LogP contribution is -2.49. The molecule has 1 amide bonds. The fourth-order valence-corrected chi connectivity index (χ4v) is 4.21. The number of carbonyl (C=O) groups excluding carboxylic acids is 1. The summed E-state index contributed by atoms with van der Waals surface area (Å²) >= 11 is 0. The van der Waals surface area contributed by atoms with E-state index in [1.54, 1.807) is 0 Å². The zero-order chi connectivity index (χ0) is 18.5. The Morgan fingerprint density at radius 3 is 2.54 bits per heavy atom. The highest BCUT2D eigenvalue weighted by Gasteiger charge is 2.25. The standard InChI is InChI=1S/C21H32N4O/c1-4-22-21(25-13-16(2)11-17(3)14-25)23-12-20(26)24-10-9-18-7-5-6-8-19(18)15-24/h5-8,16-17H,4,9-15H2,1-3H3,(H,22,23). The van der Waals surface area contributed by atoms with Gasteiger partial charge in [0.25, 0.3) is 0 Å². The van der Waals surface area contributed by atoms with Gasteiger partial charge in [-0.2, -0.15) is 0 Å². The molecule has 0 aliphatic carbocycles. The number of piperidine rings is 1. The van der Waals surface area contributed by atoms with E-state index < -0.39 is 0 Å². The van der Waals surface area contributed by atoms with Crippen molar-refractivity contribution in [3.05, 3.63) is 35.4 Å². The van der Waals surface area contributed by atoms with E-state index in [2.05, 4.69) is 54.2 Å². The largest absolute Gasteiger partial charge is 0.357 e. The summed E-state index contributed by atoms with van der Waals surface area (Å²) in [4.78, 5) is 21.6. The Morgan fingerprint density at radius 2 is 1.85 bits per heavy atom. The molecule has 3 rings (SSSR count). The molecular formula is C21H32N4O. The molecule has 0 radical (unpaired) electrons. The third kappa shape index (κ3) is 4.57. The number of amides is 1. The predicted molar refractivity (Wildman–Crippen MR) is 106 cm³/mol. The van der Waals surface area contributed by atoms with Crippen molar-refractivity contribution in [2.24, 2.45) is 16.8 Å². The molecule has 1 aromatic carbocycles. The van der Waals surface area contributed by atoms with Crippen LogP contribution in [-0.4, -0.2) is 54.4 Å². The van der Waals surface area contributed by atoms with Crippen LogP contribution in [0.3, 0.4) is 0 Å². The Bertz CT molecular complexity index is 647. The summed E-state index contributed by atoms with van der Waals surface area (Å²) in [5, 5.41) is 3.37. The van der Waals surface area contributed by atoms with E-state index in [0.29, 0.717) is 18.4 Å². The molecule has 0 bridgehead atoms. The smallest absolute Gasteiger partial charge is 0.244 e. The molecule has 1 N–H and O–H groups in total. The molecule has 26 heavy (non-hydrogen) atoms. The van der Waals surface area contributed by atoms with E-state index in [0.717, 1.165) is 38.6 Å². The summed E-state index contributed by atoms with van der Waals surface area (Å²) in [6.45, 7) is 11.2. The van der Waals surface area contributed by atoms with Crippen LogP contribution >= 0.6 is 0 Å². The predicted octanol–water partition coefficient (Wildman–Crippen LogP) is 2.51. The minimum Gasteiger partial charge on any atom is -0.357 e. The van der Waals surface area contributed by atoms with Crippen LogP contribution in [0.2, 0.25) is 0 Å². The molecule has 2 heterocycles. The van der Waals surface area contributed by atoms with Crippen LogP contribution < -0.4 is 5.32 Å². The topological polar surface area (TPSA) is 47.9 Å². The minimum absolute atomic E-state index is 0.119. The summed E-state index contributed by atoms with van der Waals surface area (Å²) in [5.74, 6) is 2.33. The number of hydrogen-bond donors (Lipinski definition) is 1. The van der Waals surface area contributed by atoms with Gasteiger partial charge in [0, 0.05) is 32.7 Å². The van der Waals surface area contributed by atoms with E-state index in [4.69, 9.17) is 0 Å². The second-order valence-electron chi connectivity index (χ2n) is 7.86. The summed E-state index contributed by atoms with van der Waals surface area (Å²) in [6, 6.07) is 8.41. The number of rotatable bonds is 3. The number of fused-ring (bicyclic) bond motifs is 1. The van der Waals surface area contributed by atoms with Crippen LogP contribution in [0.5, 0.6) is 0 Å². The summed E-state index contributed by atoms with van der Waals surface area (Å²) < 4.78 is 0. The van der Waals surface area contributed by atoms with E-state index >= 15 is 0 Å². The summed E-state index contributed by atoms with van der Waals surface area (Å²) in [6.07, 6.45) is 2.20. The number of nitrogens with one attached hydrogen (secondary N) is 1. The second kappa shape index (κ2) is 8.56. The van der Waals surface area contributed by atoms with E-state index in [9.17, 15) is 4.79 Å². The minimum atomic E-state index is 0.119. The maximum Gasteiger partial charge on any atom is 0.244 e. The highest BCUT2D eigenvalue weighted by Crippen LogP contribution is 2.21. The van der Waals surface area contributed by atoms with Crippen molar-refractivity contribution in [1.82, 2.24) is 15.1 Å². The first-order valence-corrected chi connectivity index (χ1v) is 9.94. The van der Waals surface area contributed by atoms with Crippen molar-refractivity contribution in [1.29, 1.82) is 0 Å². The van der Waals surface area contributed by atoms with Crippen LogP contribution in [0, 0.1) is 11.8 Å². The molecule has 142 valence electrons. The van der Waals surface area contributed by atoms with Gasteiger partial charge < -0.3 is 15.1 Å². The Labute approximate surface area is 157 Å². The van der Waals surface area contributed by atoms with Gasteiger partial charge >= 0.3 is 0 Å². The molecular weight excluding hydrogens is 324 g/mol. The maximum atomic E-state index is 12.7. The van der Waals surface area contributed by atoms with E-state index in [1.807, 2.05) is 11.0 Å². The van der Waals surface area contributed by atoms with Gasteiger partial charge in [-0.15, -0.1) is 0 Å². The average Bonchev–Trinajstić information content (AvgIpc) is 2.63. The van der Waals surface area contributed by atoms with Gasteiger partial charge in [-0.05, 0) is 42.7 Å². The Hall–Kier alpha value is -2.04. The molecule has 1 aromatic rings. The molecule has 2 unspecified atom stereocenters. The summed E-state index contributed by atoms with van der Waals surface area (Å²) in [5.41, 5.74) is 2.63.